The van der Waals surface area contributed by atoms with Gasteiger partial charge in [-0.25, -0.2) is 10.5 Å². The first-order chi connectivity index (χ1) is 14.5. The van der Waals surface area contributed by atoms with Gasteiger partial charge in [0.1, 0.15) is 12.4 Å². The molecule has 0 fully saturated rings. The summed E-state index contributed by atoms with van der Waals surface area (Å²) in [6.45, 7) is 2.67. The Bertz CT molecular complexity index is 1040. The van der Waals surface area contributed by atoms with Crippen molar-refractivity contribution in [1.82, 2.24) is 15.8 Å². The molecule has 0 aliphatic rings. The largest absolute Gasteiger partial charge is 0.487 e. The van der Waals surface area contributed by atoms with Crippen molar-refractivity contribution < 1.29 is 19.5 Å². The lowest BCUT2D eigenvalue weighted by Crippen LogP contribution is -2.21. The number of nitrogens with one attached hydrogen (secondary N) is 2. The Morgan fingerprint density at radius 1 is 1.20 bits per heavy atom. The van der Waals surface area contributed by atoms with Gasteiger partial charge in [0.25, 0.3) is 5.91 Å². The van der Waals surface area contributed by atoms with Crippen molar-refractivity contribution in [2.45, 2.75) is 20.1 Å². The van der Waals surface area contributed by atoms with E-state index >= 15 is 0 Å². The normalized spacial score (nSPS) is 10.7. The second-order valence-corrected chi connectivity index (χ2v) is 7.47. The number of carbonyl (C=O) groups is 2. The van der Waals surface area contributed by atoms with Gasteiger partial charge in [-0.2, -0.15) is 0 Å². The third-order valence-corrected chi connectivity index (χ3v) is 4.95. The van der Waals surface area contributed by atoms with Gasteiger partial charge >= 0.3 is 0 Å². The molecule has 0 bridgehead atoms. The third kappa shape index (κ3) is 6.26. The number of hydrogen-bond donors (Lipinski definition) is 3. The summed E-state index contributed by atoms with van der Waals surface area (Å²) in [5.74, 6) is -0.118. The lowest BCUT2D eigenvalue weighted by molar-refractivity contribution is -0.116. The maximum absolute atomic E-state index is 12.1. The molecule has 0 radical (unpaired) electrons. The standard InChI is InChI=1S/C22H21N3O4S/c1-15-24-19(14-30-15)13-29-20-4-2-3-16(11-20)7-10-21(26)23-12-17-5-8-18(9-6-17)22(27)25-28/h2-11,14,28H,12-13H2,1H3,(H,23,26)(H,25,27)/b10-7+. The Labute approximate surface area is 178 Å². The fourth-order valence-electron chi connectivity index (χ4n) is 2.60. The van der Waals surface area contributed by atoms with E-state index in [9.17, 15) is 9.59 Å². The van der Waals surface area contributed by atoms with E-state index in [1.807, 2.05) is 36.6 Å². The van der Waals surface area contributed by atoms with Crippen molar-refractivity contribution in [3.05, 3.63) is 87.4 Å². The van der Waals surface area contributed by atoms with Gasteiger partial charge in [0, 0.05) is 23.6 Å². The Morgan fingerprint density at radius 3 is 2.70 bits per heavy atom. The first-order valence-electron chi connectivity index (χ1n) is 9.16. The molecule has 1 aromatic heterocycles. The second kappa shape index (κ2) is 10.3. The van der Waals surface area contributed by atoms with E-state index in [1.54, 1.807) is 47.2 Å². The molecule has 8 heteroatoms. The fourth-order valence-corrected chi connectivity index (χ4v) is 3.20. The molecule has 0 aliphatic carbocycles. The molecule has 30 heavy (non-hydrogen) atoms. The van der Waals surface area contributed by atoms with Crippen LogP contribution in [-0.4, -0.2) is 22.0 Å². The van der Waals surface area contributed by atoms with E-state index < -0.39 is 5.91 Å². The monoisotopic (exact) mass is 423 g/mol. The van der Waals surface area contributed by atoms with Crippen molar-refractivity contribution in [3.8, 4) is 5.75 Å². The molecule has 3 N–H and O–H groups in total. The van der Waals surface area contributed by atoms with Gasteiger partial charge in [-0.3, -0.25) is 14.8 Å². The maximum atomic E-state index is 12.1. The zero-order valence-corrected chi connectivity index (χ0v) is 17.1. The zero-order chi connectivity index (χ0) is 21.3. The van der Waals surface area contributed by atoms with Gasteiger partial charge in [0.2, 0.25) is 5.91 Å². The van der Waals surface area contributed by atoms with Gasteiger partial charge in [-0.05, 0) is 48.4 Å². The Balaban J connectivity index is 1.50. The lowest BCUT2D eigenvalue weighted by Gasteiger charge is -2.05. The number of aryl methyl sites for hydroxylation is 1. The van der Waals surface area contributed by atoms with Crippen molar-refractivity contribution in [2.24, 2.45) is 0 Å². The molecule has 1 heterocycles. The molecule has 0 saturated heterocycles. The molecular formula is C22H21N3O4S. The van der Waals surface area contributed by atoms with E-state index in [2.05, 4.69) is 10.3 Å². The van der Waals surface area contributed by atoms with Gasteiger partial charge < -0.3 is 10.1 Å². The quantitative estimate of drug-likeness (QED) is 0.293. The molecule has 154 valence electrons. The highest BCUT2D eigenvalue weighted by Crippen LogP contribution is 2.17. The minimum atomic E-state index is -0.582. The number of nitrogens with zero attached hydrogens (tertiary/aromatic N) is 1. The molecule has 0 spiro atoms. The van der Waals surface area contributed by atoms with E-state index in [1.165, 1.54) is 6.08 Å². The number of rotatable bonds is 8. The second-order valence-electron chi connectivity index (χ2n) is 6.41. The topological polar surface area (TPSA) is 101 Å². The van der Waals surface area contributed by atoms with Crippen LogP contribution in [0.15, 0.2) is 60.0 Å². The summed E-state index contributed by atoms with van der Waals surface area (Å²) in [4.78, 5) is 27.7. The average molecular weight is 423 g/mol. The number of aromatic nitrogens is 1. The Morgan fingerprint density at radius 2 is 2.00 bits per heavy atom. The number of hydroxylamine groups is 1. The molecule has 3 aromatic rings. The van der Waals surface area contributed by atoms with Crippen molar-refractivity contribution in [2.75, 3.05) is 0 Å². The van der Waals surface area contributed by atoms with Crippen LogP contribution in [0, 0.1) is 6.92 Å². The van der Waals surface area contributed by atoms with E-state index in [4.69, 9.17) is 9.94 Å². The van der Waals surface area contributed by atoms with Crippen molar-refractivity contribution >= 4 is 29.2 Å². The zero-order valence-electron chi connectivity index (χ0n) is 16.3. The highest BCUT2D eigenvalue weighted by atomic mass is 32.1. The van der Waals surface area contributed by atoms with Crippen LogP contribution in [0.25, 0.3) is 6.08 Å². The molecule has 2 amide bonds. The van der Waals surface area contributed by atoms with Crippen LogP contribution in [-0.2, 0) is 17.9 Å². The molecule has 0 atom stereocenters. The first kappa shape index (κ1) is 21.2. The lowest BCUT2D eigenvalue weighted by atomic mass is 10.1. The molecular weight excluding hydrogens is 402 g/mol. The maximum Gasteiger partial charge on any atom is 0.274 e. The van der Waals surface area contributed by atoms with Crippen LogP contribution in [0.5, 0.6) is 5.75 Å². The van der Waals surface area contributed by atoms with Crippen LogP contribution in [0.2, 0.25) is 0 Å². The molecule has 2 aromatic carbocycles. The summed E-state index contributed by atoms with van der Waals surface area (Å²) in [7, 11) is 0. The highest BCUT2D eigenvalue weighted by molar-refractivity contribution is 7.09. The smallest absolute Gasteiger partial charge is 0.274 e. The summed E-state index contributed by atoms with van der Waals surface area (Å²) in [6.07, 6.45) is 3.17. The predicted molar refractivity (Wildman–Crippen MR) is 114 cm³/mol. The number of hydrogen-bond acceptors (Lipinski definition) is 6. The molecule has 0 unspecified atom stereocenters. The van der Waals surface area contributed by atoms with Gasteiger partial charge in [-0.1, -0.05) is 24.3 Å². The number of thiazole rings is 1. The fraction of sp³-hybridized carbons (Fsp3) is 0.136. The number of amides is 2. The predicted octanol–water partition coefficient (Wildman–Crippen LogP) is 3.48. The van der Waals surface area contributed by atoms with Crippen LogP contribution in [0.4, 0.5) is 0 Å². The van der Waals surface area contributed by atoms with Gasteiger partial charge in [0.15, 0.2) is 0 Å². The van der Waals surface area contributed by atoms with E-state index in [0.717, 1.165) is 21.8 Å². The minimum Gasteiger partial charge on any atom is -0.487 e. The van der Waals surface area contributed by atoms with Crippen LogP contribution in [0.3, 0.4) is 0 Å². The van der Waals surface area contributed by atoms with Gasteiger partial charge in [-0.15, -0.1) is 11.3 Å². The summed E-state index contributed by atoms with van der Waals surface area (Å²) >= 11 is 1.59. The number of ether oxygens (including phenoxy) is 1. The summed E-state index contributed by atoms with van der Waals surface area (Å²) < 4.78 is 5.76. The Kier molecular flexibility index (Phi) is 7.31. The van der Waals surface area contributed by atoms with E-state index in [0.29, 0.717) is 24.5 Å². The molecule has 0 saturated carbocycles. The molecule has 3 rings (SSSR count). The van der Waals surface area contributed by atoms with Crippen molar-refractivity contribution in [3.63, 3.8) is 0 Å². The first-order valence-corrected chi connectivity index (χ1v) is 10.0. The van der Waals surface area contributed by atoms with Crippen molar-refractivity contribution in [1.29, 1.82) is 0 Å². The van der Waals surface area contributed by atoms with Crippen LogP contribution in [0.1, 0.15) is 32.2 Å². The number of benzene rings is 2. The molecule has 0 aliphatic heterocycles. The van der Waals surface area contributed by atoms with Crippen LogP contribution < -0.4 is 15.5 Å². The number of carbonyl (C=O) groups excluding carboxylic acids is 2. The highest BCUT2D eigenvalue weighted by Gasteiger charge is 2.04. The van der Waals surface area contributed by atoms with Crippen LogP contribution >= 0.6 is 11.3 Å². The summed E-state index contributed by atoms with van der Waals surface area (Å²) in [5.41, 5.74) is 4.48. The average Bonchev–Trinajstić information content (AvgIpc) is 3.20. The minimum absolute atomic E-state index is 0.239. The van der Waals surface area contributed by atoms with Gasteiger partial charge in [0.05, 0.1) is 10.7 Å². The molecule has 7 nitrogen and oxygen atoms in total. The SMILES string of the molecule is Cc1nc(COc2cccc(/C=C/C(=O)NCc3ccc(C(=O)NO)cc3)c2)cs1. The summed E-state index contributed by atoms with van der Waals surface area (Å²) in [5, 5.41) is 14.4. The summed E-state index contributed by atoms with van der Waals surface area (Å²) in [6, 6.07) is 14.0. The Hall–Kier alpha value is -3.49. The van der Waals surface area contributed by atoms with E-state index in [-0.39, 0.29) is 5.91 Å². The third-order valence-electron chi connectivity index (χ3n) is 4.12.